The third-order valence-corrected chi connectivity index (χ3v) is 24.7. The number of rotatable bonds is 8. The van der Waals surface area contributed by atoms with Gasteiger partial charge < -0.3 is 18.6 Å². The summed E-state index contributed by atoms with van der Waals surface area (Å²) >= 11 is 0. The molecule has 0 saturated carbocycles. The summed E-state index contributed by atoms with van der Waals surface area (Å²) in [5.41, 5.74) is 21.7. The minimum absolute atomic E-state index is 0.00831. The van der Waals surface area contributed by atoms with E-state index in [1.165, 1.54) is 59.6 Å². The molecule has 4 heterocycles. The second-order valence-electron chi connectivity index (χ2n) is 32.9. The highest BCUT2D eigenvalue weighted by atomic mass is 28.3. The van der Waals surface area contributed by atoms with Crippen LogP contribution in [0.3, 0.4) is 0 Å². The lowest BCUT2D eigenvalue weighted by molar-refractivity contribution is 0.568. The molecule has 0 unspecified atom stereocenters. The van der Waals surface area contributed by atoms with Crippen molar-refractivity contribution in [3.63, 3.8) is 0 Å². The lowest BCUT2D eigenvalue weighted by atomic mass is 9.33. The molecule has 6 nitrogen and oxygen atoms in total. The molecule has 0 saturated heterocycles. The average Bonchev–Trinajstić information content (AvgIpc) is 0.870. The molecule has 472 valence electrons. The Morgan fingerprint density at radius 2 is 0.617 bits per heavy atom. The fourth-order valence-electron chi connectivity index (χ4n) is 14.4. The monoisotopic (exact) mass is 1250 g/mol. The first-order valence-electron chi connectivity index (χ1n) is 33.7. The summed E-state index contributed by atoms with van der Waals surface area (Å²) in [7, 11) is -3.31. The quantitative estimate of drug-likeness (QED) is 0.112. The van der Waals surface area contributed by atoms with Crippen molar-refractivity contribution in [2.75, 3.05) is 9.80 Å². The number of benzene rings is 10. The number of fused-ring (bicyclic) bond motifs is 6. The summed E-state index contributed by atoms with van der Waals surface area (Å²) in [6.45, 7) is 41.4. The third-order valence-electron chi connectivity index (χ3n) is 19.9. The van der Waals surface area contributed by atoms with Crippen molar-refractivity contribution in [3.05, 3.63) is 246 Å². The molecule has 0 radical (unpaired) electrons. The number of oxazole rings is 2. The van der Waals surface area contributed by atoms with E-state index in [4.69, 9.17) is 18.8 Å². The maximum absolute atomic E-state index is 7.12. The van der Waals surface area contributed by atoms with Crippen molar-refractivity contribution < 1.29 is 8.83 Å². The van der Waals surface area contributed by atoms with E-state index in [9.17, 15) is 0 Å². The first-order valence-corrected chi connectivity index (χ1v) is 35.7. The SMILES string of the molecule is CC(C)(C)c1ccc(-c2nc3cc4c(cc3o2)N(c2cc(C(C)(C)C)cc(C(C)(C)C)c2)c2cc([Si](c3ccccc3)(c3ccccc3)c3ccccc3)cc3c2B4c2cc4nc(-c5ccc(C(C)(C)C)cc5)oc4cc2N3c2cc(C(C)(C)C)cc(C(C)(C)C)c2)cc1. The maximum Gasteiger partial charge on any atom is 0.252 e. The van der Waals surface area contributed by atoms with Gasteiger partial charge in [-0.25, -0.2) is 9.97 Å². The van der Waals surface area contributed by atoms with Gasteiger partial charge in [-0.3, -0.25) is 0 Å². The molecule has 0 fully saturated rings. The molecule has 0 aliphatic carbocycles. The predicted molar refractivity (Wildman–Crippen MR) is 402 cm³/mol. The zero-order valence-electron chi connectivity index (χ0n) is 58.4. The van der Waals surface area contributed by atoms with Gasteiger partial charge in [0, 0.05) is 57.4 Å². The lowest BCUT2D eigenvalue weighted by Gasteiger charge is -2.46. The number of nitrogens with zero attached hydrogens (tertiary/aromatic N) is 4. The molecule has 94 heavy (non-hydrogen) atoms. The molecular formula is C86H89BN4O2Si. The molecule has 8 heteroatoms. The molecule has 0 spiro atoms. The van der Waals surface area contributed by atoms with Gasteiger partial charge >= 0.3 is 0 Å². The molecule has 14 rings (SSSR count). The van der Waals surface area contributed by atoms with Crippen LogP contribution in [0.25, 0.3) is 45.1 Å². The Hall–Kier alpha value is -8.98. The zero-order valence-corrected chi connectivity index (χ0v) is 59.4. The van der Waals surface area contributed by atoms with Crippen LogP contribution in [0.15, 0.2) is 221 Å². The standard InChI is InChI=1S/C86H89BN4O2Si/c1-81(2,3)56-38-34-54(35-39-56)79-88-70-50-68-72(52-76(70)92-79)90(62-44-58(83(7,8)9)42-59(45-62)84(10,11)12)74-48-67(94(64-28-22-19-23-29-64,65-30-24-20-25-31-65)66-32-26-21-27-33-66)49-75-78(74)87(68)69-51-71-77(93-80(89-71)55-36-40-57(41-37-55)82(4,5)6)53-73(69)91(75)63-46-60(85(13,14)15)43-61(47-63)86(16,17)18/h19-53H,1-18H3. The average molecular weight is 1250 g/mol. The van der Waals surface area contributed by atoms with Crippen molar-refractivity contribution in [1.29, 1.82) is 0 Å². The first-order chi connectivity index (χ1) is 44.3. The van der Waals surface area contributed by atoms with Gasteiger partial charge in [0.25, 0.3) is 6.71 Å². The third kappa shape index (κ3) is 10.8. The van der Waals surface area contributed by atoms with Crippen LogP contribution in [-0.4, -0.2) is 24.8 Å². The Kier molecular flexibility index (Phi) is 14.7. The Balaban J connectivity index is 1.18. The normalized spacial score (nSPS) is 13.8. The molecule has 0 atom stereocenters. The van der Waals surface area contributed by atoms with E-state index in [0.717, 1.165) is 78.4 Å². The second kappa shape index (κ2) is 22.1. The van der Waals surface area contributed by atoms with Gasteiger partial charge in [-0.2, -0.15) is 0 Å². The topological polar surface area (TPSA) is 58.5 Å². The van der Waals surface area contributed by atoms with Crippen molar-refractivity contribution in [2.45, 2.75) is 157 Å². The van der Waals surface area contributed by atoms with E-state index >= 15 is 0 Å². The molecule has 10 aromatic carbocycles. The molecule has 2 aromatic heterocycles. The van der Waals surface area contributed by atoms with Crippen LogP contribution in [-0.2, 0) is 32.5 Å². The van der Waals surface area contributed by atoms with Crippen LogP contribution >= 0.6 is 0 Å². The zero-order chi connectivity index (χ0) is 66.4. The van der Waals surface area contributed by atoms with E-state index in [2.05, 4.69) is 347 Å². The van der Waals surface area contributed by atoms with Crippen molar-refractivity contribution >= 4 is 108 Å². The van der Waals surface area contributed by atoms with Gasteiger partial charge in [0.2, 0.25) is 11.8 Å². The van der Waals surface area contributed by atoms with E-state index < -0.39 is 8.07 Å². The summed E-state index contributed by atoms with van der Waals surface area (Å²) < 4.78 is 14.2. The molecule has 0 N–H and O–H groups in total. The van der Waals surface area contributed by atoms with Gasteiger partial charge in [0.05, 0.1) is 0 Å². The molecular weight excluding hydrogens is 1160 g/mol. The van der Waals surface area contributed by atoms with Crippen LogP contribution in [0.1, 0.15) is 158 Å². The van der Waals surface area contributed by atoms with E-state index in [-0.39, 0.29) is 39.2 Å². The minimum Gasteiger partial charge on any atom is -0.436 e. The van der Waals surface area contributed by atoms with Crippen LogP contribution < -0.4 is 46.9 Å². The Morgan fingerprint density at radius 3 is 0.915 bits per heavy atom. The first kappa shape index (κ1) is 62.5. The Morgan fingerprint density at radius 1 is 0.309 bits per heavy atom. The highest BCUT2D eigenvalue weighted by Crippen LogP contribution is 2.49. The van der Waals surface area contributed by atoms with Gasteiger partial charge in [-0.05, 0) is 176 Å². The summed E-state index contributed by atoms with van der Waals surface area (Å²) in [4.78, 5) is 16.1. The minimum atomic E-state index is -3.31. The van der Waals surface area contributed by atoms with Crippen molar-refractivity contribution in [3.8, 4) is 22.9 Å². The molecule has 2 aliphatic rings. The van der Waals surface area contributed by atoms with Crippen molar-refractivity contribution in [2.24, 2.45) is 0 Å². The van der Waals surface area contributed by atoms with Crippen LogP contribution in [0, 0.1) is 0 Å². The number of aromatic nitrogens is 2. The fraction of sp³-hybridized carbons (Fsp3) is 0.279. The van der Waals surface area contributed by atoms with Crippen LogP contribution in [0.5, 0.6) is 0 Å². The maximum atomic E-state index is 7.12. The number of hydrogen-bond donors (Lipinski definition) is 0. The van der Waals surface area contributed by atoms with E-state index in [1.807, 2.05) is 0 Å². The number of anilines is 6. The summed E-state index contributed by atoms with van der Waals surface area (Å²) in [5, 5.41) is 5.16. The van der Waals surface area contributed by atoms with Crippen LogP contribution in [0.2, 0.25) is 0 Å². The Bertz CT molecular complexity index is 4480. The van der Waals surface area contributed by atoms with E-state index in [0.29, 0.717) is 11.8 Å². The van der Waals surface area contributed by atoms with Gasteiger partial charge in [0.1, 0.15) is 11.0 Å². The molecule has 2 aliphatic heterocycles. The molecule has 0 bridgehead atoms. The van der Waals surface area contributed by atoms with Crippen molar-refractivity contribution in [1.82, 2.24) is 9.97 Å². The summed E-state index contributed by atoms with van der Waals surface area (Å²) in [5.74, 6) is 1.19. The van der Waals surface area contributed by atoms with Crippen LogP contribution in [0.4, 0.5) is 34.1 Å². The Labute approximate surface area is 559 Å². The molecule has 0 amide bonds. The van der Waals surface area contributed by atoms with Gasteiger partial charge in [-0.15, -0.1) is 0 Å². The summed E-state index contributed by atoms with van der Waals surface area (Å²) in [6, 6.07) is 81.0. The van der Waals surface area contributed by atoms with E-state index in [1.54, 1.807) is 0 Å². The number of hydrogen-bond acceptors (Lipinski definition) is 6. The fourth-order valence-corrected chi connectivity index (χ4v) is 19.1. The summed E-state index contributed by atoms with van der Waals surface area (Å²) in [6.07, 6.45) is 0. The second-order valence-corrected chi connectivity index (χ2v) is 36.7. The lowest BCUT2D eigenvalue weighted by Crippen LogP contribution is -2.75. The smallest absolute Gasteiger partial charge is 0.252 e. The predicted octanol–water partition coefficient (Wildman–Crippen LogP) is 18.5. The largest absolute Gasteiger partial charge is 0.436 e. The highest BCUT2D eigenvalue weighted by Gasteiger charge is 2.49. The van der Waals surface area contributed by atoms with Gasteiger partial charge in [-0.1, -0.05) is 252 Å². The molecule has 12 aromatic rings. The van der Waals surface area contributed by atoms with Gasteiger partial charge in [0.15, 0.2) is 19.2 Å². The highest BCUT2D eigenvalue weighted by molar-refractivity contribution is 7.20.